The molecule has 0 bridgehead atoms. The number of halogens is 1. The van der Waals surface area contributed by atoms with E-state index in [1.54, 1.807) is 13.4 Å². The lowest BCUT2D eigenvalue weighted by Crippen LogP contribution is -2.42. The molecule has 0 aliphatic heterocycles. The van der Waals surface area contributed by atoms with Crippen LogP contribution < -0.4 is 10.6 Å². The molecule has 114 valence electrons. The molecule has 1 fully saturated rings. The number of guanidine groups is 1. The Morgan fingerprint density at radius 3 is 2.90 bits per heavy atom. The third-order valence-electron chi connectivity index (χ3n) is 3.50. The Bertz CT molecular complexity index is 435. The molecule has 2 atom stereocenters. The first-order valence-corrected chi connectivity index (χ1v) is 7.84. The van der Waals surface area contributed by atoms with Gasteiger partial charge in [0.1, 0.15) is 6.33 Å². The summed E-state index contributed by atoms with van der Waals surface area (Å²) < 4.78 is 1.90. The number of aromatic nitrogens is 3. The van der Waals surface area contributed by atoms with Gasteiger partial charge in [0.05, 0.1) is 6.54 Å². The van der Waals surface area contributed by atoms with Crippen LogP contribution in [-0.2, 0) is 13.6 Å². The van der Waals surface area contributed by atoms with Crippen LogP contribution >= 0.6 is 35.7 Å². The fourth-order valence-electron chi connectivity index (χ4n) is 2.30. The molecule has 2 rings (SSSR count). The number of rotatable bonds is 4. The van der Waals surface area contributed by atoms with Crippen molar-refractivity contribution in [3.8, 4) is 0 Å². The van der Waals surface area contributed by atoms with Gasteiger partial charge in [-0.15, -0.1) is 34.2 Å². The highest BCUT2D eigenvalue weighted by Gasteiger charge is 2.24. The Labute approximate surface area is 141 Å². The average Bonchev–Trinajstić information content (AvgIpc) is 3.03. The number of thioether (sulfide) groups is 1. The fourth-order valence-corrected chi connectivity index (χ4v) is 3.10. The van der Waals surface area contributed by atoms with E-state index in [2.05, 4.69) is 32.1 Å². The van der Waals surface area contributed by atoms with Gasteiger partial charge < -0.3 is 15.2 Å². The quantitative estimate of drug-likeness (QED) is 0.446. The van der Waals surface area contributed by atoms with Crippen molar-refractivity contribution in [1.82, 2.24) is 25.4 Å². The van der Waals surface area contributed by atoms with Crippen molar-refractivity contribution in [3.05, 3.63) is 12.2 Å². The van der Waals surface area contributed by atoms with E-state index in [4.69, 9.17) is 0 Å². The van der Waals surface area contributed by atoms with Crippen molar-refractivity contribution < 1.29 is 0 Å². The first-order chi connectivity index (χ1) is 9.22. The van der Waals surface area contributed by atoms with Crippen molar-refractivity contribution in [1.29, 1.82) is 0 Å². The first-order valence-electron chi connectivity index (χ1n) is 6.55. The van der Waals surface area contributed by atoms with Gasteiger partial charge in [-0.25, -0.2) is 0 Å². The smallest absolute Gasteiger partial charge is 0.191 e. The monoisotopic (exact) mass is 410 g/mol. The number of nitrogens with zero attached hydrogens (tertiary/aromatic N) is 4. The second-order valence-corrected chi connectivity index (χ2v) is 5.93. The zero-order valence-corrected chi connectivity index (χ0v) is 15.3. The summed E-state index contributed by atoms with van der Waals surface area (Å²) in [6.45, 7) is 0.634. The molecule has 8 heteroatoms. The molecule has 0 amide bonds. The van der Waals surface area contributed by atoms with Gasteiger partial charge in [-0.2, -0.15) is 11.8 Å². The molecule has 1 saturated carbocycles. The number of hydrogen-bond donors (Lipinski definition) is 2. The number of hydrogen-bond acceptors (Lipinski definition) is 4. The van der Waals surface area contributed by atoms with Gasteiger partial charge in [0.2, 0.25) is 0 Å². The molecule has 20 heavy (non-hydrogen) atoms. The number of aryl methyl sites for hydroxylation is 1. The van der Waals surface area contributed by atoms with Crippen LogP contribution in [-0.4, -0.2) is 45.3 Å². The zero-order chi connectivity index (χ0) is 13.7. The second kappa shape index (κ2) is 8.71. The lowest BCUT2D eigenvalue weighted by molar-refractivity contribution is 0.610. The van der Waals surface area contributed by atoms with Gasteiger partial charge >= 0.3 is 0 Å². The topological polar surface area (TPSA) is 67.1 Å². The van der Waals surface area contributed by atoms with Crippen LogP contribution in [0.1, 0.15) is 25.1 Å². The van der Waals surface area contributed by atoms with E-state index in [-0.39, 0.29) is 24.0 Å². The molecule has 0 saturated heterocycles. The SMILES string of the molecule is CN=C(NCc1nncn1C)NC1CCC(SC)C1.I. The molecule has 1 aromatic heterocycles. The first kappa shape index (κ1) is 17.5. The average molecular weight is 410 g/mol. The van der Waals surface area contributed by atoms with Gasteiger partial charge in [0, 0.05) is 25.4 Å². The van der Waals surface area contributed by atoms with Gasteiger partial charge in [0.25, 0.3) is 0 Å². The Morgan fingerprint density at radius 2 is 2.35 bits per heavy atom. The van der Waals surface area contributed by atoms with E-state index in [0.29, 0.717) is 12.6 Å². The molecule has 2 unspecified atom stereocenters. The molecule has 1 heterocycles. The highest BCUT2D eigenvalue weighted by atomic mass is 127. The van der Waals surface area contributed by atoms with E-state index >= 15 is 0 Å². The minimum Gasteiger partial charge on any atom is -0.354 e. The molecular weight excluding hydrogens is 387 g/mol. The summed E-state index contributed by atoms with van der Waals surface area (Å²) in [6, 6.07) is 0.531. The second-order valence-electron chi connectivity index (χ2n) is 4.80. The lowest BCUT2D eigenvalue weighted by atomic mass is 10.2. The van der Waals surface area contributed by atoms with E-state index in [9.17, 15) is 0 Å². The molecule has 1 aliphatic rings. The predicted molar refractivity (Wildman–Crippen MR) is 94.7 cm³/mol. The van der Waals surface area contributed by atoms with Crippen molar-refractivity contribution in [2.45, 2.75) is 37.1 Å². The molecule has 0 radical (unpaired) electrons. The highest BCUT2D eigenvalue weighted by molar-refractivity contribution is 14.0. The Morgan fingerprint density at radius 1 is 1.55 bits per heavy atom. The van der Waals surface area contributed by atoms with E-state index < -0.39 is 0 Å². The summed E-state index contributed by atoms with van der Waals surface area (Å²) in [5, 5.41) is 15.5. The normalized spacial score (nSPS) is 22.4. The molecule has 1 aliphatic carbocycles. The largest absolute Gasteiger partial charge is 0.354 e. The minimum atomic E-state index is 0. The molecule has 0 spiro atoms. The summed E-state index contributed by atoms with van der Waals surface area (Å²) >= 11 is 1.96. The molecule has 0 aromatic carbocycles. The Kier molecular flexibility index (Phi) is 7.63. The van der Waals surface area contributed by atoms with Gasteiger partial charge in [-0.3, -0.25) is 4.99 Å². The fraction of sp³-hybridized carbons (Fsp3) is 0.750. The standard InChI is InChI=1S/C12H22N6S.HI/c1-13-12(14-7-11-17-15-8-18(11)2)16-9-4-5-10(6-9)19-3;/h8-10H,4-7H2,1-3H3,(H2,13,14,16);1H. The van der Waals surface area contributed by atoms with Crippen LogP contribution in [0.5, 0.6) is 0 Å². The molecule has 1 aromatic rings. The van der Waals surface area contributed by atoms with E-state index in [0.717, 1.165) is 17.0 Å². The Balaban J connectivity index is 0.00000200. The summed E-state index contributed by atoms with van der Waals surface area (Å²) in [5.74, 6) is 1.74. The van der Waals surface area contributed by atoms with Crippen LogP contribution in [0.3, 0.4) is 0 Å². The van der Waals surface area contributed by atoms with Crippen LogP contribution in [0.25, 0.3) is 0 Å². The van der Waals surface area contributed by atoms with Gasteiger partial charge in [-0.05, 0) is 25.5 Å². The maximum Gasteiger partial charge on any atom is 0.191 e. The highest BCUT2D eigenvalue weighted by Crippen LogP contribution is 2.27. The van der Waals surface area contributed by atoms with Crippen LogP contribution in [0.2, 0.25) is 0 Å². The third-order valence-corrected chi connectivity index (χ3v) is 4.60. The molecule has 2 N–H and O–H groups in total. The zero-order valence-electron chi connectivity index (χ0n) is 12.2. The number of aliphatic imine (C=N–C) groups is 1. The van der Waals surface area contributed by atoms with Crippen molar-refractivity contribution in [2.75, 3.05) is 13.3 Å². The van der Waals surface area contributed by atoms with E-state index in [1.807, 2.05) is 23.4 Å². The van der Waals surface area contributed by atoms with Crippen molar-refractivity contribution >= 4 is 41.7 Å². The molecule has 6 nitrogen and oxygen atoms in total. The maximum atomic E-state index is 4.26. The van der Waals surface area contributed by atoms with E-state index in [1.165, 1.54) is 19.3 Å². The summed E-state index contributed by atoms with van der Waals surface area (Å²) in [4.78, 5) is 4.26. The summed E-state index contributed by atoms with van der Waals surface area (Å²) in [5.41, 5.74) is 0. The predicted octanol–water partition coefficient (Wildman–Crippen LogP) is 1.38. The molecular formula is C12H23IN6S. The summed E-state index contributed by atoms with van der Waals surface area (Å²) in [6.07, 6.45) is 7.61. The van der Waals surface area contributed by atoms with Crippen LogP contribution in [0.4, 0.5) is 0 Å². The van der Waals surface area contributed by atoms with Crippen LogP contribution in [0, 0.1) is 0 Å². The maximum absolute atomic E-state index is 4.26. The van der Waals surface area contributed by atoms with Crippen LogP contribution in [0.15, 0.2) is 11.3 Å². The lowest BCUT2D eigenvalue weighted by Gasteiger charge is -2.17. The Hall–Kier alpha value is -0.510. The minimum absolute atomic E-state index is 0. The van der Waals surface area contributed by atoms with Crippen molar-refractivity contribution in [2.24, 2.45) is 12.0 Å². The van der Waals surface area contributed by atoms with Crippen molar-refractivity contribution in [3.63, 3.8) is 0 Å². The van der Waals surface area contributed by atoms with Gasteiger partial charge in [0.15, 0.2) is 11.8 Å². The van der Waals surface area contributed by atoms with Gasteiger partial charge in [-0.1, -0.05) is 0 Å². The number of nitrogens with one attached hydrogen (secondary N) is 2. The summed E-state index contributed by atoms with van der Waals surface area (Å²) in [7, 11) is 3.74. The third kappa shape index (κ3) is 4.80.